The largest absolute Gasteiger partial charge is 0.295 e. The zero-order chi connectivity index (χ0) is 13.8. The second kappa shape index (κ2) is 6.41. The van der Waals surface area contributed by atoms with Gasteiger partial charge in [0, 0.05) is 19.1 Å². The molecule has 3 atom stereocenters. The summed E-state index contributed by atoms with van der Waals surface area (Å²) in [6.45, 7) is 4.49. The Bertz CT molecular complexity index is 474. The smallest absolute Gasteiger partial charge is 0.0237 e. The SMILES string of the molecule is C/C=C/C[C@@H]1CN(Cc2ccccc2)[C@@H]2CCC=C[C@H]12. The molecule has 0 aromatic heterocycles. The highest BCUT2D eigenvalue weighted by Crippen LogP contribution is 2.39. The van der Waals surface area contributed by atoms with E-state index >= 15 is 0 Å². The normalized spacial score (nSPS) is 29.9. The van der Waals surface area contributed by atoms with Crippen LogP contribution in [0.25, 0.3) is 0 Å². The van der Waals surface area contributed by atoms with E-state index in [-0.39, 0.29) is 0 Å². The number of rotatable bonds is 4. The van der Waals surface area contributed by atoms with Crippen LogP contribution >= 0.6 is 0 Å². The second-order valence-corrected chi connectivity index (χ2v) is 6.13. The van der Waals surface area contributed by atoms with Crippen molar-refractivity contribution in [3.8, 4) is 0 Å². The van der Waals surface area contributed by atoms with Crippen molar-refractivity contribution in [2.24, 2.45) is 11.8 Å². The predicted octanol–water partition coefficient (Wildman–Crippen LogP) is 4.42. The Labute approximate surface area is 123 Å². The maximum absolute atomic E-state index is 2.72. The molecule has 1 nitrogen and oxygen atoms in total. The molecule has 106 valence electrons. The van der Waals surface area contributed by atoms with E-state index in [0.717, 1.165) is 24.4 Å². The monoisotopic (exact) mass is 267 g/mol. The van der Waals surface area contributed by atoms with E-state index in [1.165, 1.54) is 31.4 Å². The summed E-state index contributed by atoms with van der Waals surface area (Å²) in [5.74, 6) is 1.57. The Morgan fingerprint density at radius 1 is 1.25 bits per heavy atom. The molecule has 1 fully saturated rings. The van der Waals surface area contributed by atoms with Crippen molar-refractivity contribution in [2.45, 2.75) is 38.8 Å². The van der Waals surface area contributed by atoms with Crippen molar-refractivity contribution in [1.82, 2.24) is 4.90 Å². The zero-order valence-electron chi connectivity index (χ0n) is 12.4. The predicted molar refractivity (Wildman–Crippen MR) is 85.4 cm³/mol. The van der Waals surface area contributed by atoms with Gasteiger partial charge in [-0.2, -0.15) is 0 Å². The van der Waals surface area contributed by atoms with Crippen molar-refractivity contribution in [2.75, 3.05) is 6.54 Å². The topological polar surface area (TPSA) is 3.24 Å². The van der Waals surface area contributed by atoms with Crippen LogP contribution in [0.1, 0.15) is 31.7 Å². The third-order valence-corrected chi connectivity index (χ3v) is 4.82. The number of hydrogen-bond acceptors (Lipinski definition) is 1. The number of benzene rings is 1. The molecule has 1 aromatic carbocycles. The molecule has 1 heterocycles. The summed E-state index contributed by atoms with van der Waals surface area (Å²) in [6.07, 6.45) is 13.2. The highest BCUT2D eigenvalue weighted by molar-refractivity contribution is 5.16. The van der Waals surface area contributed by atoms with E-state index in [0.29, 0.717) is 0 Å². The third kappa shape index (κ3) is 2.88. The van der Waals surface area contributed by atoms with Crippen LogP contribution in [0.3, 0.4) is 0 Å². The molecule has 0 amide bonds. The third-order valence-electron chi connectivity index (χ3n) is 4.82. The van der Waals surface area contributed by atoms with Gasteiger partial charge in [-0.05, 0) is 43.6 Å². The zero-order valence-corrected chi connectivity index (χ0v) is 12.4. The van der Waals surface area contributed by atoms with Gasteiger partial charge in [0.05, 0.1) is 0 Å². The molecule has 20 heavy (non-hydrogen) atoms. The van der Waals surface area contributed by atoms with Gasteiger partial charge in [-0.3, -0.25) is 4.90 Å². The summed E-state index contributed by atoms with van der Waals surface area (Å²) in [5.41, 5.74) is 1.45. The van der Waals surface area contributed by atoms with Crippen LogP contribution in [-0.2, 0) is 6.54 Å². The van der Waals surface area contributed by atoms with Gasteiger partial charge >= 0.3 is 0 Å². The molecular formula is C19H25N. The summed E-state index contributed by atoms with van der Waals surface area (Å²) >= 11 is 0. The van der Waals surface area contributed by atoms with E-state index < -0.39 is 0 Å². The maximum Gasteiger partial charge on any atom is 0.0237 e. The number of hydrogen-bond donors (Lipinski definition) is 0. The van der Waals surface area contributed by atoms with Crippen molar-refractivity contribution in [3.63, 3.8) is 0 Å². The van der Waals surface area contributed by atoms with Crippen LogP contribution < -0.4 is 0 Å². The van der Waals surface area contributed by atoms with E-state index in [4.69, 9.17) is 0 Å². The first-order valence-corrected chi connectivity index (χ1v) is 7.94. The molecule has 0 saturated carbocycles. The Kier molecular flexibility index (Phi) is 4.37. The van der Waals surface area contributed by atoms with E-state index in [9.17, 15) is 0 Å². The van der Waals surface area contributed by atoms with Crippen LogP contribution in [0.15, 0.2) is 54.6 Å². The Morgan fingerprint density at radius 3 is 2.90 bits per heavy atom. The lowest BCUT2D eigenvalue weighted by Gasteiger charge is -2.29. The molecule has 2 aliphatic rings. The first-order valence-electron chi connectivity index (χ1n) is 7.94. The highest BCUT2D eigenvalue weighted by Gasteiger charge is 2.39. The van der Waals surface area contributed by atoms with Crippen LogP contribution in [0.5, 0.6) is 0 Å². The fourth-order valence-electron chi connectivity index (χ4n) is 3.84. The first kappa shape index (κ1) is 13.6. The number of fused-ring (bicyclic) bond motifs is 1. The Hall–Kier alpha value is -1.34. The van der Waals surface area contributed by atoms with Crippen LogP contribution in [-0.4, -0.2) is 17.5 Å². The lowest BCUT2D eigenvalue weighted by atomic mass is 9.83. The molecule has 3 rings (SSSR count). The lowest BCUT2D eigenvalue weighted by molar-refractivity contribution is 0.215. The fourth-order valence-corrected chi connectivity index (χ4v) is 3.84. The van der Waals surface area contributed by atoms with E-state index in [1.807, 2.05) is 0 Å². The Morgan fingerprint density at radius 2 is 2.10 bits per heavy atom. The Balaban J connectivity index is 1.73. The van der Waals surface area contributed by atoms with Gasteiger partial charge < -0.3 is 0 Å². The van der Waals surface area contributed by atoms with Crippen molar-refractivity contribution >= 4 is 0 Å². The molecule has 1 aliphatic carbocycles. The van der Waals surface area contributed by atoms with Gasteiger partial charge in [0.2, 0.25) is 0 Å². The standard InChI is InChI=1S/C19H25N/c1-2-3-11-17-15-20(14-16-9-5-4-6-10-16)19-13-8-7-12-18(17)19/h2-7,9-10,12,17-19H,8,11,13-15H2,1H3/b3-2+/t17-,18-,19-/m1/s1. The summed E-state index contributed by atoms with van der Waals surface area (Å²) < 4.78 is 0. The quantitative estimate of drug-likeness (QED) is 0.730. The molecule has 1 heteroatoms. The molecule has 0 bridgehead atoms. The number of nitrogens with zero attached hydrogens (tertiary/aromatic N) is 1. The van der Waals surface area contributed by atoms with Crippen molar-refractivity contribution in [3.05, 3.63) is 60.2 Å². The average Bonchev–Trinajstić information content (AvgIpc) is 2.85. The van der Waals surface area contributed by atoms with Crippen LogP contribution in [0, 0.1) is 11.8 Å². The average molecular weight is 267 g/mol. The molecule has 0 radical (unpaired) electrons. The second-order valence-electron chi connectivity index (χ2n) is 6.13. The molecule has 1 aliphatic heterocycles. The van der Waals surface area contributed by atoms with Gasteiger partial charge in [-0.25, -0.2) is 0 Å². The molecular weight excluding hydrogens is 242 g/mol. The summed E-state index contributed by atoms with van der Waals surface area (Å²) in [5, 5.41) is 0. The van der Waals surface area contributed by atoms with Crippen molar-refractivity contribution < 1.29 is 0 Å². The molecule has 1 aromatic rings. The van der Waals surface area contributed by atoms with Gasteiger partial charge in [0.25, 0.3) is 0 Å². The molecule has 0 spiro atoms. The summed E-state index contributed by atoms with van der Waals surface area (Å²) in [7, 11) is 0. The van der Waals surface area contributed by atoms with E-state index in [1.54, 1.807) is 0 Å². The first-order chi connectivity index (χ1) is 9.88. The van der Waals surface area contributed by atoms with Gasteiger partial charge in [0.1, 0.15) is 0 Å². The molecule has 0 unspecified atom stereocenters. The lowest BCUT2D eigenvalue weighted by Crippen LogP contribution is -2.32. The fraction of sp³-hybridized carbons (Fsp3) is 0.474. The van der Waals surface area contributed by atoms with E-state index in [2.05, 4.69) is 66.5 Å². The van der Waals surface area contributed by atoms with Crippen LogP contribution in [0.2, 0.25) is 0 Å². The van der Waals surface area contributed by atoms with Gasteiger partial charge in [-0.1, -0.05) is 54.6 Å². The van der Waals surface area contributed by atoms with Gasteiger partial charge in [0.15, 0.2) is 0 Å². The maximum atomic E-state index is 2.72. The number of likely N-dealkylation sites (tertiary alicyclic amines) is 1. The summed E-state index contributed by atoms with van der Waals surface area (Å²) in [6, 6.07) is 11.7. The summed E-state index contributed by atoms with van der Waals surface area (Å²) in [4.78, 5) is 2.72. The minimum Gasteiger partial charge on any atom is -0.295 e. The minimum absolute atomic E-state index is 0.760. The molecule has 0 N–H and O–H groups in total. The van der Waals surface area contributed by atoms with Crippen molar-refractivity contribution in [1.29, 1.82) is 0 Å². The number of allylic oxidation sites excluding steroid dienone is 3. The van der Waals surface area contributed by atoms with Crippen LogP contribution in [0.4, 0.5) is 0 Å². The van der Waals surface area contributed by atoms with Gasteiger partial charge in [-0.15, -0.1) is 0 Å². The highest BCUT2D eigenvalue weighted by atomic mass is 15.2. The minimum atomic E-state index is 0.760. The molecule has 1 saturated heterocycles.